The summed E-state index contributed by atoms with van der Waals surface area (Å²) < 4.78 is 0. The number of carbonyl (C=O) groups is 6. The molecule has 1 heterocycles. The molecule has 41 heavy (non-hydrogen) atoms. The summed E-state index contributed by atoms with van der Waals surface area (Å²) in [4.78, 5) is 80.7. The van der Waals surface area contributed by atoms with Crippen molar-refractivity contribution in [2.24, 2.45) is 22.4 Å². The Kier molecular flexibility index (Phi) is 12.5. The summed E-state index contributed by atoms with van der Waals surface area (Å²) in [5.74, 6) is -5.75. The summed E-state index contributed by atoms with van der Waals surface area (Å²) in [5.41, 5.74) is 11.4. The Hall–Kier alpha value is -4.69. The predicted molar refractivity (Wildman–Crippen MR) is 148 cm³/mol. The van der Waals surface area contributed by atoms with E-state index in [9.17, 15) is 33.9 Å². The van der Waals surface area contributed by atoms with Crippen molar-refractivity contribution < 1.29 is 33.9 Å². The van der Waals surface area contributed by atoms with E-state index in [2.05, 4.69) is 31.6 Å². The maximum absolute atomic E-state index is 13.4. The molecule has 224 valence electrons. The Labute approximate surface area is 237 Å². The van der Waals surface area contributed by atoms with Crippen molar-refractivity contribution in [1.82, 2.24) is 26.6 Å². The third-order valence-corrected chi connectivity index (χ3v) is 6.19. The highest BCUT2D eigenvalue weighted by Crippen LogP contribution is 2.09. The number of carboxylic acid groups (broad SMARTS) is 1. The van der Waals surface area contributed by atoms with Crippen LogP contribution in [0.2, 0.25) is 0 Å². The number of amides is 5. The number of nitrogens with zero attached hydrogens (tertiary/aromatic N) is 1. The number of carboxylic acids is 1. The van der Waals surface area contributed by atoms with E-state index in [1.54, 1.807) is 44.2 Å². The standard InChI is InChI=1S/C26H38N8O7/c1-14(2)21-25(41)32-16(9-6-10-29-26(27)28)22(38)30-13-19(35)31-18(12-20(36)37)23(39)33-17(24(40)34-21)11-15-7-4-3-5-8-15/h3-5,7-8,14,16-18,21H,6,9-13H2,1-2H3,(H,30,38)(H,31,35)(H,32,41)(H,33,39)(H,34,40)(H,36,37)(H4,27,28,29)/t16-,17-,18+,21-/m1/s1. The topological polar surface area (TPSA) is 247 Å². The molecule has 0 saturated carbocycles. The van der Waals surface area contributed by atoms with Crippen LogP contribution in [0.3, 0.4) is 0 Å². The number of aliphatic imine (C=N–C) groups is 1. The van der Waals surface area contributed by atoms with Gasteiger partial charge < -0.3 is 43.2 Å². The van der Waals surface area contributed by atoms with Crippen molar-refractivity contribution >= 4 is 41.5 Å². The van der Waals surface area contributed by atoms with Crippen molar-refractivity contribution in [2.45, 2.75) is 63.7 Å². The fraction of sp³-hybridized carbons (Fsp3) is 0.500. The number of aliphatic carboxylic acids is 1. The van der Waals surface area contributed by atoms with Crippen LogP contribution < -0.4 is 38.1 Å². The average Bonchev–Trinajstić information content (AvgIpc) is 2.90. The van der Waals surface area contributed by atoms with Gasteiger partial charge in [-0.25, -0.2) is 0 Å². The Morgan fingerprint density at radius 3 is 2.15 bits per heavy atom. The number of guanidine groups is 1. The van der Waals surface area contributed by atoms with Crippen LogP contribution in [0, 0.1) is 5.92 Å². The van der Waals surface area contributed by atoms with E-state index in [0.29, 0.717) is 12.0 Å². The highest BCUT2D eigenvalue weighted by molar-refractivity contribution is 5.98. The first-order valence-corrected chi connectivity index (χ1v) is 13.2. The zero-order valence-electron chi connectivity index (χ0n) is 23.0. The zero-order chi connectivity index (χ0) is 30.5. The van der Waals surface area contributed by atoms with E-state index in [1.807, 2.05) is 0 Å². The number of rotatable bonds is 9. The Morgan fingerprint density at radius 2 is 1.54 bits per heavy atom. The van der Waals surface area contributed by atoms with Gasteiger partial charge in [0.25, 0.3) is 0 Å². The summed E-state index contributed by atoms with van der Waals surface area (Å²) in [6.45, 7) is 2.98. The van der Waals surface area contributed by atoms with Crippen LogP contribution in [0.25, 0.3) is 0 Å². The largest absolute Gasteiger partial charge is 0.481 e. The number of hydrogen-bond donors (Lipinski definition) is 8. The van der Waals surface area contributed by atoms with Gasteiger partial charge in [0.1, 0.15) is 24.2 Å². The fourth-order valence-electron chi connectivity index (χ4n) is 4.07. The summed E-state index contributed by atoms with van der Waals surface area (Å²) in [6, 6.07) is 3.79. The molecule has 15 nitrogen and oxygen atoms in total. The molecule has 0 aliphatic carbocycles. The summed E-state index contributed by atoms with van der Waals surface area (Å²) >= 11 is 0. The smallest absolute Gasteiger partial charge is 0.305 e. The Bertz CT molecular complexity index is 1140. The van der Waals surface area contributed by atoms with E-state index >= 15 is 0 Å². The second kappa shape index (κ2) is 15.8. The molecule has 2 rings (SSSR count). The lowest BCUT2D eigenvalue weighted by molar-refractivity contribution is -0.141. The molecule has 4 atom stereocenters. The zero-order valence-corrected chi connectivity index (χ0v) is 23.0. The van der Waals surface area contributed by atoms with Gasteiger partial charge in [-0.1, -0.05) is 44.2 Å². The van der Waals surface area contributed by atoms with Gasteiger partial charge >= 0.3 is 5.97 Å². The molecule has 1 aromatic carbocycles. The third-order valence-electron chi connectivity index (χ3n) is 6.19. The van der Waals surface area contributed by atoms with Gasteiger partial charge in [-0.05, 0) is 24.3 Å². The lowest BCUT2D eigenvalue weighted by Crippen LogP contribution is -2.59. The minimum Gasteiger partial charge on any atom is -0.481 e. The van der Waals surface area contributed by atoms with Crippen LogP contribution in [0.4, 0.5) is 0 Å². The van der Waals surface area contributed by atoms with E-state index < -0.39 is 78.6 Å². The van der Waals surface area contributed by atoms with E-state index in [1.165, 1.54) is 0 Å². The second-order valence-corrected chi connectivity index (χ2v) is 9.93. The van der Waals surface area contributed by atoms with Crippen LogP contribution in [0.1, 0.15) is 38.7 Å². The van der Waals surface area contributed by atoms with Crippen LogP contribution in [0.15, 0.2) is 35.3 Å². The highest BCUT2D eigenvalue weighted by atomic mass is 16.4. The predicted octanol–water partition coefficient (Wildman–Crippen LogP) is -2.52. The first-order valence-electron chi connectivity index (χ1n) is 13.2. The van der Waals surface area contributed by atoms with E-state index in [-0.39, 0.29) is 25.3 Å². The number of nitrogens with one attached hydrogen (secondary N) is 5. The summed E-state index contributed by atoms with van der Waals surface area (Å²) in [7, 11) is 0. The van der Waals surface area contributed by atoms with Gasteiger partial charge in [0.2, 0.25) is 29.5 Å². The van der Waals surface area contributed by atoms with Crippen molar-refractivity contribution in [2.75, 3.05) is 13.1 Å². The molecule has 5 amide bonds. The molecule has 15 heteroatoms. The first kappa shape index (κ1) is 32.5. The third kappa shape index (κ3) is 11.1. The van der Waals surface area contributed by atoms with Crippen molar-refractivity contribution in [3.8, 4) is 0 Å². The highest BCUT2D eigenvalue weighted by Gasteiger charge is 2.34. The van der Waals surface area contributed by atoms with E-state index in [4.69, 9.17) is 11.5 Å². The number of carbonyl (C=O) groups excluding carboxylic acids is 5. The van der Waals surface area contributed by atoms with Crippen LogP contribution in [-0.4, -0.2) is 83.8 Å². The Morgan fingerprint density at radius 1 is 0.902 bits per heavy atom. The lowest BCUT2D eigenvalue weighted by Gasteiger charge is -2.27. The minimum absolute atomic E-state index is 0.0199. The molecule has 0 aromatic heterocycles. The summed E-state index contributed by atoms with van der Waals surface area (Å²) in [5, 5.41) is 21.8. The normalized spacial score (nSPS) is 22.7. The van der Waals surface area contributed by atoms with Gasteiger partial charge in [0.15, 0.2) is 5.96 Å². The van der Waals surface area contributed by atoms with Gasteiger partial charge in [0, 0.05) is 13.0 Å². The van der Waals surface area contributed by atoms with Gasteiger partial charge in [-0.15, -0.1) is 0 Å². The molecular weight excluding hydrogens is 536 g/mol. The molecule has 0 radical (unpaired) electrons. The van der Waals surface area contributed by atoms with E-state index in [0.717, 1.165) is 0 Å². The van der Waals surface area contributed by atoms with Crippen molar-refractivity contribution in [3.05, 3.63) is 35.9 Å². The molecule has 0 unspecified atom stereocenters. The Balaban J connectivity index is 2.43. The van der Waals surface area contributed by atoms with Crippen LogP contribution >= 0.6 is 0 Å². The van der Waals surface area contributed by atoms with Gasteiger partial charge in [0.05, 0.1) is 13.0 Å². The molecule has 1 aliphatic heterocycles. The van der Waals surface area contributed by atoms with Crippen LogP contribution in [0.5, 0.6) is 0 Å². The van der Waals surface area contributed by atoms with Gasteiger partial charge in [-0.2, -0.15) is 0 Å². The minimum atomic E-state index is -1.54. The SMILES string of the molecule is CC(C)[C@H]1NC(=O)[C@@H](Cc2ccccc2)NC(=O)[C@H](CC(=O)O)NC(=O)CNC(=O)[C@@H](CCCN=C(N)N)NC1=O. The van der Waals surface area contributed by atoms with Gasteiger partial charge in [-0.3, -0.25) is 33.8 Å². The molecule has 10 N–H and O–H groups in total. The summed E-state index contributed by atoms with van der Waals surface area (Å²) in [6.07, 6.45) is -0.341. The fourth-order valence-corrected chi connectivity index (χ4v) is 4.07. The lowest BCUT2D eigenvalue weighted by atomic mass is 10.00. The molecule has 0 spiro atoms. The first-order chi connectivity index (χ1) is 19.4. The van der Waals surface area contributed by atoms with Crippen molar-refractivity contribution in [1.29, 1.82) is 0 Å². The van der Waals surface area contributed by atoms with Crippen LogP contribution in [-0.2, 0) is 35.2 Å². The number of benzene rings is 1. The quantitative estimate of drug-likeness (QED) is 0.0879. The maximum Gasteiger partial charge on any atom is 0.305 e. The average molecular weight is 575 g/mol. The molecule has 1 aromatic rings. The number of nitrogens with two attached hydrogens (primary N) is 2. The monoisotopic (exact) mass is 574 g/mol. The molecule has 1 saturated heterocycles. The number of hydrogen-bond acceptors (Lipinski definition) is 7. The molecular formula is C26H38N8O7. The maximum atomic E-state index is 13.4. The second-order valence-electron chi connectivity index (χ2n) is 9.93. The molecule has 0 bridgehead atoms. The van der Waals surface area contributed by atoms with Crippen molar-refractivity contribution in [3.63, 3.8) is 0 Å². The molecule has 1 aliphatic rings. The molecule has 1 fully saturated rings.